The summed E-state index contributed by atoms with van der Waals surface area (Å²) in [4.78, 5) is 15.2. The van der Waals surface area contributed by atoms with Crippen LogP contribution in [-0.4, -0.2) is 33.7 Å². The lowest BCUT2D eigenvalue weighted by atomic mass is 10.1. The van der Waals surface area contributed by atoms with Gasteiger partial charge >= 0.3 is 0 Å². The lowest BCUT2D eigenvalue weighted by molar-refractivity contribution is 0.102. The first kappa shape index (κ1) is 18.5. The summed E-state index contributed by atoms with van der Waals surface area (Å²) >= 11 is 0. The number of sulfone groups is 1. The van der Waals surface area contributed by atoms with Crippen molar-refractivity contribution < 1.29 is 13.2 Å². The zero-order chi connectivity index (χ0) is 18.9. The van der Waals surface area contributed by atoms with E-state index in [0.717, 1.165) is 36.2 Å². The number of carbonyl (C=O) groups excluding carboxylic acids is 1. The second-order valence-electron chi connectivity index (χ2n) is 6.90. The normalized spacial score (nSPS) is 14.5. The highest BCUT2D eigenvalue weighted by molar-refractivity contribution is 7.90. The molecule has 3 rings (SSSR count). The number of aryl methyl sites for hydroxylation is 2. The summed E-state index contributed by atoms with van der Waals surface area (Å²) in [6.07, 6.45) is 3.57. The molecule has 1 aliphatic heterocycles. The topological polar surface area (TPSA) is 66.5 Å². The molecule has 5 nitrogen and oxygen atoms in total. The molecule has 0 radical (unpaired) electrons. The number of hydrogen-bond donors (Lipinski definition) is 1. The number of rotatable bonds is 4. The molecular formula is C20H24N2O3S. The van der Waals surface area contributed by atoms with E-state index < -0.39 is 9.84 Å². The van der Waals surface area contributed by atoms with E-state index >= 15 is 0 Å². The smallest absolute Gasteiger partial charge is 0.255 e. The Balaban J connectivity index is 1.84. The Kier molecular flexibility index (Phi) is 5.05. The van der Waals surface area contributed by atoms with Crippen molar-refractivity contribution in [2.24, 2.45) is 0 Å². The molecule has 1 heterocycles. The third-order valence-corrected chi connectivity index (χ3v) is 5.92. The first-order chi connectivity index (χ1) is 12.3. The molecule has 1 saturated heterocycles. The summed E-state index contributed by atoms with van der Waals surface area (Å²) in [6.45, 7) is 5.91. The Hall–Kier alpha value is -2.34. The van der Waals surface area contributed by atoms with Crippen molar-refractivity contribution in [1.29, 1.82) is 0 Å². The number of nitrogens with zero attached hydrogens (tertiary/aromatic N) is 1. The Bertz CT molecular complexity index is 946. The predicted molar refractivity (Wildman–Crippen MR) is 105 cm³/mol. The van der Waals surface area contributed by atoms with Crippen molar-refractivity contribution in [1.82, 2.24) is 0 Å². The zero-order valence-electron chi connectivity index (χ0n) is 15.4. The Morgan fingerprint density at radius 1 is 1.00 bits per heavy atom. The zero-order valence-corrected chi connectivity index (χ0v) is 16.2. The van der Waals surface area contributed by atoms with Crippen LogP contribution in [0.3, 0.4) is 0 Å². The van der Waals surface area contributed by atoms with Gasteiger partial charge in [0.1, 0.15) is 0 Å². The summed E-state index contributed by atoms with van der Waals surface area (Å²) in [7, 11) is -3.36. The lowest BCUT2D eigenvalue weighted by Gasteiger charge is -2.19. The van der Waals surface area contributed by atoms with Crippen molar-refractivity contribution in [3.8, 4) is 0 Å². The highest BCUT2D eigenvalue weighted by Gasteiger charge is 2.17. The van der Waals surface area contributed by atoms with Gasteiger partial charge in [-0.2, -0.15) is 0 Å². The SMILES string of the molecule is Cc1cc(N2CCCC2)ccc1NC(=O)c1cc(S(C)(=O)=O)ccc1C. The minimum atomic E-state index is -3.36. The molecule has 0 spiro atoms. The van der Waals surface area contributed by atoms with E-state index in [1.54, 1.807) is 13.0 Å². The van der Waals surface area contributed by atoms with Gasteiger partial charge in [-0.1, -0.05) is 6.07 Å². The number of anilines is 2. The summed E-state index contributed by atoms with van der Waals surface area (Å²) < 4.78 is 23.5. The van der Waals surface area contributed by atoms with Crippen LogP contribution in [0.4, 0.5) is 11.4 Å². The standard InChI is InChI=1S/C20H24N2O3S/c1-14-6-8-17(26(3,24)25)13-18(14)20(23)21-19-9-7-16(12-15(19)2)22-10-4-5-11-22/h6-9,12-13H,4-5,10-11H2,1-3H3,(H,21,23). The predicted octanol–water partition coefficient (Wildman–Crippen LogP) is 3.56. The molecule has 1 fully saturated rings. The third-order valence-electron chi connectivity index (χ3n) is 4.81. The van der Waals surface area contributed by atoms with Gasteiger partial charge in [0, 0.05) is 36.3 Å². The van der Waals surface area contributed by atoms with Crippen LogP contribution in [0.5, 0.6) is 0 Å². The van der Waals surface area contributed by atoms with E-state index in [4.69, 9.17) is 0 Å². The molecule has 1 aliphatic rings. The molecule has 0 bridgehead atoms. The molecule has 138 valence electrons. The van der Waals surface area contributed by atoms with Gasteiger partial charge in [-0.3, -0.25) is 4.79 Å². The number of nitrogens with one attached hydrogen (secondary N) is 1. The van der Waals surface area contributed by atoms with Crippen LogP contribution in [0.2, 0.25) is 0 Å². The molecule has 1 N–H and O–H groups in total. The Labute approximate surface area is 154 Å². The van der Waals surface area contributed by atoms with E-state index in [9.17, 15) is 13.2 Å². The van der Waals surface area contributed by atoms with Crippen LogP contribution >= 0.6 is 0 Å². The van der Waals surface area contributed by atoms with Crippen molar-refractivity contribution in [3.05, 3.63) is 53.1 Å². The van der Waals surface area contributed by atoms with E-state index in [2.05, 4.69) is 16.3 Å². The van der Waals surface area contributed by atoms with Gasteiger partial charge in [-0.25, -0.2) is 8.42 Å². The number of carbonyl (C=O) groups is 1. The Morgan fingerprint density at radius 2 is 1.69 bits per heavy atom. The van der Waals surface area contributed by atoms with Gasteiger partial charge < -0.3 is 10.2 Å². The van der Waals surface area contributed by atoms with Crippen LogP contribution in [0.1, 0.15) is 34.3 Å². The van der Waals surface area contributed by atoms with Gasteiger partial charge in [-0.15, -0.1) is 0 Å². The monoisotopic (exact) mass is 372 g/mol. The molecule has 0 aliphatic carbocycles. The summed E-state index contributed by atoms with van der Waals surface area (Å²) in [5.74, 6) is -0.301. The lowest BCUT2D eigenvalue weighted by Crippen LogP contribution is -2.18. The van der Waals surface area contributed by atoms with Crippen LogP contribution in [0.25, 0.3) is 0 Å². The average Bonchev–Trinajstić information content (AvgIpc) is 3.10. The minimum Gasteiger partial charge on any atom is -0.372 e. The fraction of sp³-hybridized carbons (Fsp3) is 0.350. The van der Waals surface area contributed by atoms with Crippen LogP contribution in [-0.2, 0) is 9.84 Å². The molecular weight excluding hydrogens is 348 g/mol. The maximum atomic E-state index is 12.7. The van der Waals surface area contributed by atoms with Crippen molar-refractivity contribution in [2.75, 3.05) is 29.6 Å². The second kappa shape index (κ2) is 7.11. The molecule has 26 heavy (non-hydrogen) atoms. The van der Waals surface area contributed by atoms with Crippen LogP contribution in [0, 0.1) is 13.8 Å². The molecule has 0 atom stereocenters. The molecule has 2 aromatic rings. The number of benzene rings is 2. The fourth-order valence-electron chi connectivity index (χ4n) is 3.23. The van der Waals surface area contributed by atoms with Gasteiger partial charge in [0.15, 0.2) is 9.84 Å². The van der Waals surface area contributed by atoms with E-state index in [-0.39, 0.29) is 10.8 Å². The number of hydrogen-bond acceptors (Lipinski definition) is 4. The summed E-state index contributed by atoms with van der Waals surface area (Å²) in [6, 6.07) is 10.6. The highest BCUT2D eigenvalue weighted by atomic mass is 32.2. The Morgan fingerprint density at radius 3 is 2.31 bits per heavy atom. The first-order valence-corrected chi connectivity index (χ1v) is 10.6. The maximum absolute atomic E-state index is 12.7. The molecule has 2 aromatic carbocycles. The van der Waals surface area contributed by atoms with Gasteiger partial charge in [0.05, 0.1) is 4.90 Å². The molecule has 1 amide bonds. The fourth-order valence-corrected chi connectivity index (χ4v) is 3.87. The highest BCUT2D eigenvalue weighted by Crippen LogP contribution is 2.26. The molecule has 6 heteroatoms. The second-order valence-corrected chi connectivity index (χ2v) is 8.91. The van der Waals surface area contributed by atoms with Crippen molar-refractivity contribution in [3.63, 3.8) is 0 Å². The van der Waals surface area contributed by atoms with E-state index in [1.807, 2.05) is 19.1 Å². The molecule has 0 unspecified atom stereocenters. The molecule has 0 aromatic heterocycles. The summed E-state index contributed by atoms with van der Waals surface area (Å²) in [5, 5.41) is 2.91. The number of amides is 1. The largest absolute Gasteiger partial charge is 0.372 e. The summed E-state index contributed by atoms with van der Waals surface area (Å²) in [5.41, 5.74) is 4.01. The first-order valence-electron chi connectivity index (χ1n) is 8.73. The quantitative estimate of drug-likeness (QED) is 0.891. The van der Waals surface area contributed by atoms with E-state index in [1.165, 1.54) is 30.7 Å². The third kappa shape index (κ3) is 3.90. The van der Waals surface area contributed by atoms with E-state index in [0.29, 0.717) is 5.56 Å². The maximum Gasteiger partial charge on any atom is 0.255 e. The van der Waals surface area contributed by atoms with Crippen molar-refractivity contribution >= 4 is 27.1 Å². The van der Waals surface area contributed by atoms with Crippen molar-refractivity contribution in [2.45, 2.75) is 31.6 Å². The average molecular weight is 372 g/mol. The van der Waals surface area contributed by atoms with Gasteiger partial charge in [0.25, 0.3) is 5.91 Å². The van der Waals surface area contributed by atoms with Crippen LogP contribution in [0.15, 0.2) is 41.3 Å². The van der Waals surface area contributed by atoms with Gasteiger partial charge in [-0.05, 0) is 68.1 Å². The van der Waals surface area contributed by atoms with Crippen LogP contribution < -0.4 is 10.2 Å². The minimum absolute atomic E-state index is 0.148. The van der Waals surface area contributed by atoms with Gasteiger partial charge in [0.2, 0.25) is 0 Å². The molecule has 0 saturated carbocycles.